The normalized spacial score (nSPS) is 11.3. The van der Waals surface area contributed by atoms with Crippen molar-refractivity contribution >= 4 is 111 Å². The third-order valence-corrected chi connectivity index (χ3v) is 9.94. The minimum absolute atomic E-state index is 0. The number of carboxylic acids is 3. The summed E-state index contributed by atoms with van der Waals surface area (Å²) >= 11 is 0.487. The van der Waals surface area contributed by atoms with Gasteiger partial charge in [0.15, 0.2) is 0 Å². The summed E-state index contributed by atoms with van der Waals surface area (Å²) in [4.78, 5) is 59.0. The largest absolute Gasteiger partial charge is 1.00 e. The molecule has 0 aliphatic carbocycles. The predicted molar refractivity (Wildman–Crippen MR) is 224 cm³/mol. The molecule has 6 N–H and O–H groups in total. The van der Waals surface area contributed by atoms with Crippen LogP contribution in [0.4, 0.5) is 58.4 Å². The number of hydrogen-bond acceptors (Lipinski definition) is 25. The fraction of sp³-hybridized carbons (Fsp3) is 0.103. The van der Waals surface area contributed by atoms with Crippen LogP contribution in [0.15, 0.2) is 107 Å². The van der Waals surface area contributed by atoms with Crippen LogP contribution in [0, 0.1) is 0 Å². The van der Waals surface area contributed by atoms with Crippen LogP contribution < -0.4 is 200 Å². The number of anilines is 10. The van der Waals surface area contributed by atoms with Crippen molar-refractivity contribution in [3.8, 4) is 0 Å². The van der Waals surface area contributed by atoms with E-state index in [0.29, 0.717) is 34.7 Å². The maximum Gasteiger partial charge on any atom is 1.00 e. The first-order chi connectivity index (χ1) is 31.1. The van der Waals surface area contributed by atoms with Gasteiger partial charge in [0.1, 0.15) is 10.1 Å². The quantitative estimate of drug-likeness (QED) is 0.00918. The van der Waals surface area contributed by atoms with E-state index in [4.69, 9.17) is 0 Å². The number of carbonyl (C=O) groups excluding carboxylic acids is 3. The molecule has 2 atom stereocenters. The van der Waals surface area contributed by atoms with E-state index in [1.54, 1.807) is 66.7 Å². The van der Waals surface area contributed by atoms with E-state index in [1.165, 1.54) is 43.3 Å². The second-order valence-electron chi connectivity index (χ2n) is 13.1. The summed E-state index contributed by atoms with van der Waals surface area (Å²) in [6, 6.07) is 22.6. The molecular formula is C39H31N12Na5O12S2. The van der Waals surface area contributed by atoms with Gasteiger partial charge < -0.3 is 71.4 Å². The molecule has 0 saturated heterocycles. The van der Waals surface area contributed by atoms with E-state index in [-0.39, 0.29) is 194 Å². The number of nitrogens with one attached hydrogen (secondary N) is 6. The van der Waals surface area contributed by atoms with Gasteiger partial charge >= 0.3 is 148 Å². The van der Waals surface area contributed by atoms with Gasteiger partial charge in [-0.3, -0.25) is 5.04 Å². The fourth-order valence-electron chi connectivity index (χ4n) is 5.45. The van der Waals surface area contributed by atoms with Crippen molar-refractivity contribution in [2.24, 2.45) is 0 Å². The second-order valence-corrected chi connectivity index (χ2v) is 15.2. The molecule has 2 aromatic heterocycles. The van der Waals surface area contributed by atoms with Gasteiger partial charge in [-0.15, -0.1) is 0 Å². The first kappa shape index (κ1) is 65.0. The van der Waals surface area contributed by atoms with Crippen molar-refractivity contribution < 1.29 is 205 Å². The number of nitrogens with zero attached hydrogens (tertiary/aromatic N) is 6. The Bertz CT molecular complexity index is 2840. The second kappa shape index (κ2) is 31.6. The van der Waals surface area contributed by atoms with E-state index >= 15 is 0 Å². The average molecular weight is 1040 g/mol. The molecule has 2 heterocycles. The zero-order chi connectivity index (χ0) is 46.5. The Balaban J connectivity index is 0.00000490. The van der Waals surface area contributed by atoms with Crippen LogP contribution in [0.1, 0.15) is 24.5 Å². The van der Waals surface area contributed by atoms with Crippen molar-refractivity contribution in [1.29, 1.82) is 0 Å². The van der Waals surface area contributed by atoms with Crippen LogP contribution in [0.3, 0.4) is 0 Å². The van der Waals surface area contributed by atoms with Crippen molar-refractivity contribution in [3.05, 3.63) is 108 Å². The number of aliphatic carboxylic acids is 3. The van der Waals surface area contributed by atoms with Gasteiger partial charge in [-0.05, 0) is 66.6 Å². The van der Waals surface area contributed by atoms with Crippen LogP contribution in [0.25, 0.3) is 12.2 Å². The zero-order valence-electron chi connectivity index (χ0n) is 38.2. The molecule has 24 nitrogen and oxygen atoms in total. The van der Waals surface area contributed by atoms with E-state index in [9.17, 15) is 47.9 Å². The van der Waals surface area contributed by atoms with Gasteiger partial charge in [0.2, 0.25) is 35.7 Å². The summed E-state index contributed by atoms with van der Waals surface area (Å²) in [6.45, 7) is 1.34. The van der Waals surface area contributed by atoms with E-state index in [0.717, 1.165) is 6.07 Å². The summed E-state index contributed by atoms with van der Waals surface area (Å²) in [5.74, 6) is -5.87. The Morgan fingerprint density at radius 1 is 0.600 bits per heavy atom. The minimum atomic E-state index is -5.17. The molecule has 6 rings (SSSR count). The van der Waals surface area contributed by atoms with Gasteiger partial charge in [0.25, 0.3) is 0 Å². The molecule has 336 valence electrons. The van der Waals surface area contributed by atoms with E-state index < -0.39 is 57.4 Å². The van der Waals surface area contributed by atoms with Crippen LogP contribution in [0.2, 0.25) is 0 Å². The molecular weight excluding hydrogens is 1010 g/mol. The fourth-order valence-corrected chi connectivity index (χ4v) is 6.66. The molecule has 6 aromatic rings. The summed E-state index contributed by atoms with van der Waals surface area (Å²) in [5, 5.41) is 65.2. The average Bonchev–Trinajstić information content (AvgIpc) is 3.25. The molecule has 0 amide bonds. The zero-order valence-corrected chi connectivity index (χ0v) is 49.8. The number of carbonyl (C=O) groups is 3. The molecule has 0 bridgehead atoms. The van der Waals surface area contributed by atoms with Gasteiger partial charge in [-0.1, -0.05) is 60.7 Å². The molecule has 70 heavy (non-hydrogen) atoms. The number of carboxylic acid groups (broad SMARTS) is 3. The van der Waals surface area contributed by atoms with Gasteiger partial charge in [0.05, 0.1) is 41.0 Å². The Morgan fingerprint density at radius 3 is 1.47 bits per heavy atom. The molecule has 0 fully saturated rings. The van der Waals surface area contributed by atoms with Crippen molar-refractivity contribution in [1.82, 2.24) is 29.9 Å². The minimum Gasteiger partial charge on any atom is -0.744 e. The van der Waals surface area contributed by atoms with Crippen LogP contribution in [-0.2, 0) is 33.9 Å². The summed E-state index contributed by atoms with van der Waals surface area (Å²) in [7, 11) is -5.17. The van der Waals surface area contributed by atoms with Crippen molar-refractivity contribution in [3.63, 3.8) is 0 Å². The molecule has 0 aliphatic heterocycles. The van der Waals surface area contributed by atoms with E-state index in [2.05, 4.69) is 71.2 Å². The number of hydrogen-bond donors (Lipinski definition) is 6. The SMILES string of the molecule is CC(Nc1nc(Nc2ccccc2)nc(Nc2ccc(/C=C/c3ccc(Nc4nc(Nc5ccccc5)nc(NC(CC(=O)[O-])C(=O)[O-])n4)cc3S(=O)(=O)[O-])c(SOO[O-])c2)n1)C(=O)[O-].[Na+].[Na+].[Na+].[Na+].[Na+]. The standard InChI is InChI=1S/C39H36N12O12S2.5Na/c1-21(32(54)55)40-34-46-35(41-24-8-4-2-5-9-24)48-37(47-34)43-26-16-14-22(29(18-26)64-63-62-58)12-13-23-15-17-27(19-30(23)65(59,60)61)44-38-49-36(42-25-10-6-3-7-11-25)50-39(51-38)45-28(33(56)57)20-31(52)53;;;;;/h2-19,21,28,58H,20H2,1H3,(H,52,53)(H,54,55)(H,56,57)(H,59,60,61)(H3,40,41,43,46,47,48)(H3,42,44,45,49,50,51);;;;;/q;5*+1/p-5/b13-12+;;;;;. The number of benzene rings is 4. The molecule has 0 saturated carbocycles. The number of para-hydroxylation sites is 2. The summed E-state index contributed by atoms with van der Waals surface area (Å²) in [6.07, 6.45) is 1.71. The third-order valence-electron chi connectivity index (χ3n) is 8.39. The first-order valence-electron chi connectivity index (χ1n) is 18.5. The molecule has 0 radical (unpaired) electrons. The van der Waals surface area contributed by atoms with Gasteiger partial charge in [0, 0.05) is 40.0 Å². The maximum absolute atomic E-state index is 12.6. The Labute approximate surface area is 514 Å². The predicted octanol–water partition coefficient (Wildman–Crippen LogP) is -14.4. The first-order valence-corrected chi connectivity index (χ1v) is 20.7. The molecule has 0 spiro atoms. The smallest absolute Gasteiger partial charge is 0.744 e. The van der Waals surface area contributed by atoms with Crippen molar-refractivity contribution in [2.45, 2.75) is 35.2 Å². The van der Waals surface area contributed by atoms with Crippen LogP contribution in [-0.4, -0.2) is 72.9 Å². The van der Waals surface area contributed by atoms with Gasteiger partial charge in [-0.2, -0.15) is 34.2 Å². The Kier molecular flexibility index (Phi) is 29.3. The van der Waals surface area contributed by atoms with Crippen molar-refractivity contribution in [2.75, 3.05) is 31.9 Å². The third kappa shape index (κ3) is 20.5. The van der Waals surface area contributed by atoms with Gasteiger partial charge in [-0.25, -0.2) is 8.42 Å². The molecule has 31 heteroatoms. The molecule has 0 aliphatic rings. The number of rotatable bonds is 22. The molecule has 2 unspecified atom stereocenters. The summed E-state index contributed by atoms with van der Waals surface area (Å²) < 4.78 is 42.3. The van der Waals surface area contributed by atoms with Crippen LogP contribution >= 0.6 is 12.0 Å². The maximum atomic E-state index is 12.6. The van der Waals surface area contributed by atoms with E-state index in [1.807, 2.05) is 0 Å². The Hall–Kier alpha value is -3.01. The number of aromatic nitrogens is 6. The monoisotopic (exact) mass is 1040 g/mol. The van der Waals surface area contributed by atoms with Crippen LogP contribution in [0.5, 0.6) is 0 Å². The Morgan fingerprint density at radius 2 is 1.03 bits per heavy atom. The topological polar surface area (TPSA) is 369 Å². The molecule has 4 aromatic carbocycles. The summed E-state index contributed by atoms with van der Waals surface area (Å²) in [5.41, 5.74) is 1.67.